The van der Waals surface area contributed by atoms with E-state index in [0.717, 1.165) is 17.3 Å². The van der Waals surface area contributed by atoms with Gasteiger partial charge < -0.3 is 4.90 Å². The van der Waals surface area contributed by atoms with Crippen LogP contribution in [0.25, 0.3) is 0 Å². The number of hydrogen-bond donors (Lipinski definition) is 0. The first kappa shape index (κ1) is 8.58. The fourth-order valence-corrected chi connectivity index (χ4v) is 3.61. The van der Waals surface area contributed by atoms with Crippen LogP contribution >= 0.6 is 11.8 Å². The van der Waals surface area contributed by atoms with Crippen LogP contribution in [-0.4, -0.2) is 15.3 Å². The van der Waals surface area contributed by atoms with E-state index < -0.39 is 0 Å². The zero-order chi connectivity index (χ0) is 10.5. The summed E-state index contributed by atoms with van der Waals surface area (Å²) in [6, 6.07) is 8.55. The van der Waals surface area contributed by atoms with Gasteiger partial charge in [0, 0.05) is 24.5 Å². The van der Waals surface area contributed by atoms with Crippen LogP contribution in [0.2, 0.25) is 0 Å². The van der Waals surface area contributed by atoms with E-state index in [1.807, 2.05) is 11.8 Å². The number of fused-ring (bicyclic) bond motifs is 5. The summed E-state index contributed by atoms with van der Waals surface area (Å²) in [5.74, 6) is 1.02. The lowest BCUT2D eigenvalue weighted by atomic mass is 10.2. The first-order chi connectivity index (χ1) is 7.93. The molecule has 1 unspecified atom stereocenters. The fourth-order valence-electron chi connectivity index (χ4n) is 2.39. The van der Waals surface area contributed by atoms with Crippen molar-refractivity contribution < 1.29 is 0 Å². The number of anilines is 2. The van der Waals surface area contributed by atoms with E-state index >= 15 is 0 Å². The molecular formula is C12H9N3S. The van der Waals surface area contributed by atoms with Crippen molar-refractivity contribution in [1.29, 1.82) is 0 Å². The van der Waals surface area contributed by atoms with Crippen LogP contribution in [0.1, 0.15) is 5.56 Å². The van der Waals surface area contributed by atoms with E-state index in [9.17, 15) is 0 Å². The highest BCUT2D eigenvalue weighted by molar-refractivity contribution is 8.00. The van der Waals surface area contributed by atoms with Crippen molar-refractivity contribution in [3.63, 3.8) is 0 Å². The molecule has 0 aliphatic carbocycles. The second kappa shape index (κ2) is 2.98. The molecule has 0 amide bonds. The Morgan fingerprint density at radius 1 is 1.19 bits per heavy atom. The summed E-state index contributed by atoms with van der Waals surface area (Å²) in [6.07, 6.45) is 4.61. The molecule has 4 rings (SSSR count). The fraction of sp³-hybridized carbons (Fsp3) is 0.167. The minimum atomic E-state index is 0.454. The Bertz CT molecular complexity index is 520. The number of benzene rings is 1. The number of para-hydroxylation sites is 1. The molecule has 0 saturated heterocycles. The second-order valence-electron chi connectivity index (χ2n) is 3.96. The molecule has 0 fully saturated rings. The Morgan fingerprint density at radius 2 is 2.06 bits per heavy atom. The van der Waals surface area contributed by atoms with Crippen molar-refractivity contribution in [2.45, 2.75) is 16.8 Å². The molecule has 78 valence electrons. The molecule has 0 spiro atoms. The molecule has 2 aliphatic heterocycles. The van der Waals surface area contributed by atoms with E-state index in [-0.39, 0.29) is 0 Å². The molecule has 0 N–H and O–H groups in total. The van der Waals surface area contributed by atoms with Gasteiger partial charge in [0.05, 0.1) is 5.37 Å². The van der Waals surface area contributed by atoms with Crippen molar-refractivity contribution >= 4 is 23.3 Å². The van der Waals surface area contributed by atoms with Crippen molar-refractivity contribution in [2.75, 3.05) is 4.90 Å². The van der Waals surface area contributed by atoms with Crippen LogP contribution in [-0.2, 0) is 6.42 Å². The summed E-state index contributed by atoms with van der Waals surface area (Å²) in [4.78, 5) is 11.1. The van der Waals surface area contributed by atoms with E-state index in [4.69, 9.17) is 0 Å². The van der Waals surface area contributed by atoms with Gasteiger partial charge in [0.15, 0.2) is 5.82 Å². The van der Waals surface area contributed by atoms with Gasteiger partial charge in [0.2, 0.25) is 0 Å². The first-order valence-corrected chi connectivity index (χ1v) is 6.16. The predicted molar refractivity (Wildman–Crippen MR) is 64.0 cm³/mol. The Kier molecular flexibility index (Phi) is 1.60. The monoisotopic (exact) mass is 227 g/mol. The van der Waals surface area contributed by atoms with Crippen molar-refractivity contribution in [1.82, 2.24) is 9.97 Å². The van der Waals surface area contributed by atoms with Gasteiger partial charge in [-0.2, -0.15) is 0 Å². The molecule has 0 radical (unpaired) electrons. The lowest BCUT2D eigenvalue weighted by Crippen LogP contribution is -2.19. The standard InChI is InChI=1S/C12H9N3S/c1-2-4-9-8(3-1)7-10-15(9)11-12(16-10)14-6-5-13-11/h1-6,10H,7H2. The largest absolute Gasteiger partial charge is 0.311 e. The van der Waals surface area contributed by atoms with Crippen LogP contribution in [0.4, 0.5) is 11.5 Å². The molecular weight excluding hydrogens is 218 g/mol. The molecule has 2 aromatic rings. The molecule has 16 heavy (non-hydrogen) atoms. The van der Waals surface area contributed by atoms with Crippen LogP contribution in [0, 0.1) is 0 Å². The van der Waals surface area contributed by atoms with Crippen molar-refractivity contribution in [2.24, 2.45) is 0 Å². The second-order valence-corrected chi connectivity index (χ2v) is 5.13. The minimum absolute atomic E-state index is 0.454. The predicted octanol–water partition coefficient (Wildman–Crippen LogP) is 2.60. The summed E-state index contributed by atoms with van der Waals surface area (Å²) in [5, 5.41) is 1.51. The Labute approximate surface area is 97.5 Å². The van der Waals surface area contributed by atoms with Crippen molar-refractivity contribution in [3.8, 4) is 0 Å². The lowest BCUT2D eigenvalue weighted by Gasteiger charge is -2.17. The quantitative estimate of drug-likeness (QED) is 0.691. The van der Waals surface area contributed by atoms with E-state index in [0.29, 0.717) is 5.37 Å². The summed E-state index contributed by atoms with van der Waals surface area (Å²) in [6.45, 7) is 0. The van der Waals surface area contributed by atoms with Gasteiger partial charge in [-0.1, -0.05) is 30.0 Å². The molecule has 1 aromatic heterocycles. The third-order valence-electron chi connectivity index (χ3n) is 3.06. The Hall–Kier alpha value is -1.55. The van der Waals surface area contributed by atoms with E-state index in [2.05, 4.69) is 39.1 Å². The number of hydrogen-bond acceptors (Lipinski definition) is 4. The molecule has 0 saturated carbocycles. The number of thioether (sulfide) groups is 1. The molecule has 3 heterocycles. The summed E-state index contributed by atoms with van der Waals surface area (Å²) in [5.41, 5.74) is 2.70. The molecule has 0 bridgehead atoms. The van der Waals surface area contributed by atoms with Gasteiger partial charge in [0.1, 0.15) is 5.03 Å². The maximum Gasteiger partial charge on any atom is 0.166 e. The number of aromatic nitrogens is 2. The highest BCUT2D eigenvalue weighted by atomic mass is 32.2. The highest BCUT2D eigenvalue weighted by Crippen LogP contribution is 2.50. The Morgan fingerprint density at radius 3 is 3.06 bits per heavy atom. The van der Waals surface area contributed by atoms with Gasteiger partial charge in [0.25, 0.3) is 0 Å². The first-order valence-electron chi connectivity index (χ1n) is 5.28. The maximum atomic E-state index is 4.44. The van der Waals surface area contributed by atoms with Gasteiger partial charge in [-0.15, -0.1) is 0 Å². The zero-order valence-electron chi connectivity index (χ0n) is 8.50. The molecule has 3 nitrogen and oxygen atoms in total. The average molecular weight is 227 g/mol. The van der Waals surface area contributed by atoms with Crippen LogP contribution in [0.5, 0.6) is 0 Å². The maximum absolute atomic E-state index is 4.44. The number of nitrogens with zero attached hydrogens (tertiary/aromatic N) is 3. The van der Waals surface area contributed by atoms with Gasteiger partial charge in [-0.3, -0.25) is 0 Å². The zero-order valence-corrected chi connectivity index (χ0v) is 9.31. The Balaban J connectivity index is 1.93. The summed E-state index contributed by atoms with van der Waals surface area (Å²) < 4.78 is 0. The average Bonchev–Trinajstić information content (AvgIpc) is 2.83. The topological polar surface area (TPSA) is 29.0 Å². The SMILES string of the molecule is c1ccc2c(c1)CC1Sc3nccnc3N21. The highest BCUT2D eigenvalue weighted by Gasteiger charge is 2.39. The van der Waals surface area contributed by atoms with Crippen LogP contribution in [0.3, 0.4) is 0 Å². The van der Waals surface area contributed by atoms with E-state index in [1.165, 1.54) is 11.3 Å². The minimum Gasteiger partial charge on any atom is -0.311 e. The van der Waals surface area contributed by atoms with Crippen molar-refractivity contribution in [3.05, 3.63) is 42.2 Å². The third kappa shape index (κ3) is 0.998. The van der Waals surface area contributed by atoms with Crippen LogP contribution < -0.4 is 4.90 Å². The summed E-state index contributed by atoms with van der Waals surface area (Å²) >= 11 is 1.82. The molecule has 1 atom stereocenters. The lowest BCUT2D eigenvalue weighted by molar-refractivity contribution is 0.919. The smallest absolute Gasteiger partial charge is 0.166 e. The van der Waals surface area contributed by atoms with Crippen LogP contribution in [0.15, 0.2) is 41.7 Å². The third-order valence-corrected chi connectivity index (χ3v) is 4.22. The normalized spacial score (nSPS) is 20.5. The molecule has 2 aliphatic rings. The summed E-state index contributed by atoms with van der Waals surface area (Å²) in [7, 11) is 0. The molecule has 1 aromatic carbocycles. The van der Waals surface area contributed by atoms with Gasteiger partial charge in [-0.25, -0.2) is 9.97 Å². The van der Waals surface area contributed by atoms with Gasteiger partial charge >= 0.3 is 0 Å². The molecule has 4 heteroatoms. The number of rotatable bonds is 0. The van der Waals surface area contributed by atoms with Gasteiger partial charge in [-0.05, 0) is 11.6 Å². The van der Waals surface area contributed by atoms with E-state index in [1.54, 1.807) is 12.4 Å².